The molecule has 0 saturated carbocycles. The van der Waals surface area contributed by atoms with Crippen molar-refractivity contribution in [3.8, 4) is 11.6 Å². The molecule has 0 saturated heterocycles. The summed E-state index contributed by atoms with van der Waals surface area (Å²) in [6, 6.07) is 11.6. The molecule has 0 fully saturated rings. The van der Waals surface area contributed by atoms with Gasteiger partial charge in [-0.3, -0.25) is 14.2 Å². The van der Waals surface area contributed by atoms with E-state index in [1.807, 2.05) is 17.6 Å². The van der Waals surface area contributed by atoms with Gasteiger partial charge in [0.15, 0.2) is 16.7 Å². The van der Waals surface area contributed by atoms with Crippen LogP contribution in [0.15, 0.2) is 58.3 Å². The first-order chi connectivity index (χ1) is 13.1. The Balaban J connectivity index is 1.66. The lowest BCUT2D eigenvalue weighted by molar-refractivity contribution is -0.126. The highest BCUT2D eigenvalue weighted by Crippen LogP contribution is 2.24. The van der Waals surface area contributed by atoms with Crippen LogP contribution in [0.3, 0.4) is 0 Å². The molecular weight excluding hydrogens is 366 g/mol. The van der Waals surface area contributed by atoms with E-state index in [9.17, 15) is 9.59 Å². The second kappa shape index (κ2) is 8.54. The van der Waals surface area contributed by atoms with Gasteiger partial charge < -0.3 is 15.5 Å². The summed E-state index contributed by atoms with van der Waals surface area (Å²) in [7, 11) is 0. The number of furan rings is 1. The van der Waals surface area contributed by atoms with Crippen molar-refractivity contribution in [2.45, 2.75) is 24.7 Å². The van der Waals surface area contributed by atoms with E-state index < -0.39 is 11.9 Å². The number of thioether (sulfide) groups is 1. The van der Waals surface area contributed by atoms with Gasteiger partial charge in [-0.2, -0.15) is 0 Å². The molecule has 3 N–H and O–H groups in total. The Morgan fingerprint density at radius 2 is 2.00 bits per heavy atom. The molecule has 0 radical (unpaired) electrons. The molecule has 140 valence electrons. The molecule has 0 spiro atoms. The molecule has 0 aliphatic heterocycles. The normalized spacial score (nSPS) is 11.9. The van der Waals surface area contributed by atoms with Crippen molar-refractivity contribution in [3.63, 3.8) is 0 Å². The van der Waals surface area contributed by atoms with Crippen molar-refractivity contribution in [1.29, 1.82) is 0 Å². The molecule has 0 aliphatic rings. The highest BCUT2D eigenvalue weighted by molar-refractivity contribution is 7.99. The van der Waals surface area contributed by atoms with Crippen molar-refractivity contribution < 1.29 is 14.0 Å². The Morgan fingerprint density at radius 1 is 1.22 bits per heavy atom. The van der Waals surface area contributed by atoms with E-state index in [1.54, 1.807) is 42.7 Å². The average molecular weight is 385 g/mol. The zero-order valence-electron chi connectivity index (χ0n) is 14.7. The van der Waals surface area contributed by atoms with Gasteiger partial charge in [0, 0.05) is 6.54 Å². The molecular formula is C18H19N5O3S. The number of rotatable bonds is 8. The van der Waals surface area contributed by atoms with E-state index in [1.165, 1.54) is 11.8 Å². The largest absolute Gasteiger partial charge is 0.461 e. The number of benzene rings is 1. The number of nitrogens with zero attached hydrogens (tertiary/aromatic N) is 3. The second-order valence-corrected chi connectivity index (χ2v) is 6.57. The summed E-state index contributed by atoms with van der Waals surface area (Å²) in [4.78, 5) is 24.0. The van der Waals surface area contributed by atoms with Crippen LogP contribution >= 0.6 is 11.8 Å². The number of carbonyl (C=O) groups is 2. The maximum atomic E-state index is 12.3. The monoisotopic (exact) mass is 385 g/mol. The molecule has 2 amide bonds. The number of aromatic nitrogens is 3. The van der Waals surface area contributed by atoms with E-state index in [4.69, 9.17) is 10.2 Å². The predicted molar refractivity (Wildman–Crippen MR) is 101 cm³/mol. The van der Waals surface area contributed by atoms with Gasteiger partial charge in [0.05, 0.1) is 12.0 Å². The number of amides is 2. The number of primary amides is 1. The SMILES string of the molecule is CCn1c(SCC(=O)NC(C(N)=O)c2ccccc2)nnc1-c1ccco1. The van der Waals surface area contributed by atoms with Gasteiger partial charge in [-0.1, -0.05) is 42.1 Å². The minimum Gasteiger partial charge on any atom is -0.461 e. The summed E-state index contributed by atoms with van der Waals surface area (Å²) in [5.41, 5.74) is 6.07. The highest BCUT2D eigenvalue weighted by Gasteiger charge is 2.21. The van der Waals surface area contributed by atoms with Crippen molar-refractivity contribution in [3.05, 3.63) is 54.3 Å². The molecule has 0 aliphatic carbocycles. The molecule has 1 atom stereocenters. The fourth-order valence-corrected chi connectivity index (χ4v) is 3.38. The van der Waals surface area contributed by atoms with E-state index in [2.05, 4.69) is 15.5 Å². The van der Waals surface area contributed by atoms with E-state index in [0.29, 0.717) is 28.8 Å². The smallest absolute Gasteiger partial charge is 0.244 e. The lowest BCUT2D eigenvalue weighted by Gasteiger charge is -2.15. The molecule has 0 bridgehead atoms. The van der Waals surface area contributed by atoms with Crippen molar-refractivity contribution >= 4 is 23.6 Å². The Kier molecular flexibility index (Phi) is 5.92. The lowest BCUT2D eigenvalue weighted by atomic mass is 10.1. The maximum Gasteiger partial charge on any atom is 0.244 e. The molecule has 3 aromatic rings. The number of nitrogens with one attached hydrogen (secondary N) is 1. The molecule has 3 rings (SSSR count). The van der Waals surface area contributed by atoms with Crippen LogP contribution in [0.2, 0.25) is 0 Å². The van der Waals surface area contributed by atoms with Crippen molar-refractivity contribution in [1.82, 2.24) is 20.1 Å². The minimum absolute atomic E-state index is 0.0763. The first-order valence-electron chi connectivity index (χ1n) is 8.33. The van der Waals surface area contributed by atoms with Crippen LogP contribution in [0.5, 0.6) is 0 Å². The summed E-state index contributed by atoms with van der Waals surface area (Å²) in [6.07, 6.45) is 1.57. The number of hydrogen-bond donors (Lipinski definition) is 2. The van der Waals surface area contributed by atoms with Crippen LogP contribution in [0.25, 0.3) is 11.6 Å². The molecule has 1 aromatic carbocycles. The molecule has 2 aromatic heterocycles. The van der Waals surface area contributed by atoms with Gasteiger partial charge in [-0.05, 0) is 24.6 Å². The summed E-state index contributed by atoms with van der Waals surface area (Å²) < 4.78 is 7.23. The Morgan fingerprint density at radius 3 is 2.63 bits per heavy atom. The van der Waals surface area contributed by atoms with Crippen molar-refractivity contribution in [2.75, 3.05) is 5.75 Å². The highest BCUT2D eigenvalue weighted by atomic mass is 32.2. The molecule has 2 heterocycles. The van der Waals surface area contributed by atoms with Crippen LogP contribution in [0.4, 0.5) is 0 Å². The topological polar surface area (TPSA) is 116 Å². The summed E-state index contributed by atoms with van der Waals surface area (Å²) >= 11 is 1.23. The van der Waals surface area contributed by atoms with E-state index in [0.717, 1.165) is 0 Å². The fourth-order valence-electron chi connectivity index (χ4n) is 2.57. The quantitative estimate of drug-likeness (QED) is 0.573. The maximum absolute atomic E-state index is 12.3. The van der Waals surface area contributed by atoms with E-state index >= 15 is 0 Å². The Bertz CT molecular complexity index is 908. The first-order valence-corrected chi connectivity index (χ1v) is 9.32. The predicted octanol–water partition coefficient (Wildman–Crippen LogP) is 1.99. The van der Waals surface area contributed by atoms with Crippen molar-refractivity contribution in [2.24, 2.45) is 5.73 Å². The summed E-state index contributed by atoms with van der Waals surface area (Å²) in [5.74, 6) is 0.352. The zero-order valence-corrected chi connectivity index (χ0v) is 15.5. The van der Waals surface area contributed by atoms with Crippen LogP contribution in [0, 0.1) is 0 Å². The zero-order chi connectivity index (χ0) is 19.2. The number of hydrogen-bond acceptors (Lipinski definition) is 6. The number of carbonyl (C=O) groups excluding carboxylic acids is 2. The van der Waals surface area contributed by atoms with Crippen LogP contribution in [-0.4, -0.2) is 32.3 Å². The Hall–Kier alpha value is -3.07. The average Bonchev–Trinajstić information content (AvgIpc) is 3.33. The summed E-state index contributed by atoms with van der Waals surface area (Å²) in [5, 5.41) is 11.5. The van der Waals surface area contributed by atoms with Gasteiger partial charge in [-0.25, -0.2) is 0 Å². The lowest BCUT2D eigenvalue weighted by Crippen LogP contribution is -2.38. The number of nitrogens with two attached hydrogens (primary N) is 1. The standard InChI is InChI=1S/C18H19N5O3S/c1-2-23-17(13-9-6-10-26-13)21-22-18(23)27-11-14(24)20-15(16(19)25)12-7-4-3-5-8-12/h3-10,15H,2,11H2,1H3,(H2,19,25)(H,20,24). The van der Waals surface area contributed by atoms with Gasteiger partial charge in [0.25, 0.3) is 0 Å². The van der Waals surface area contributed by atoms with E-state index in [-0.39, 0.29) is 11.7 Å². The third-order valence-electron chi connectivity index (χ3n) is 3.83. The first kappa shape index (κ1) is 18.7. The molecule has 8 nitrogen and oxygen atoms in total. The molecule has 27 heavy (non-hydrogen) atoms. The molecule has 9 heteroatoms. The fraction of sp³-hybridized carbons (Fsp3) is 0.222. The van der Waals surface area contributed by atoms with Gasteiger partial charge >= 0.3 is 0 Å². The van der Waals surface area contributed by atoms with Gasteiger partial charge in [-0.15, -0.1) is 10.2 Å². The van der Waals surface area contributed by atoms with Crippen LogP contribution in [-0.2, 0) is 16.1 Å². The Labute approximate surface area is 160 Å². The van der Waals surface area contributed by atoms with Gasteiger partial charge in [0.1, 0.15) is 6.04 Å². The van der Waals surface area contributed by atoms with Crippen LogP contribution < -0.4 is 11.1 Å². The second-order valence-electron chi connectivity index (χ2n) is 5.63. The third kappa shape index (κ3) is 4.37. The van der Waals surface area contributed by atoms with Gasteiger partial charge in [0.2, 0.25) is 11.8 Å². The third-order valence-corrected chi connectivity index (χ3v) is 4.80. The summed E-state index contributed by atoms with van der Waals surface area (Å²) in [6.45, 7) is 2.58. The molecule has 1 unspecified atom stereocenters. The van der Waals surface area contributed by atoms with Crippen LogP contribution in [0.1, 0.15) is 18.5 Å². The minimum atomic E-state index is -0.873.